The van der Waals surface area contributed by atoms with Crippen LogP contribution in [-0.2, 0) is 4.74 Å². The third-order valence-electron chi connectivity index (χ3n) is 2.39. The van der Waals surface area contributed by atoms with Gasteiger partial charge in [0.15, 0.2) is 0 Å². The van der Waals surface area contributed by atoms with E-state index in [2.05, 4.69) is 17.2 Å². The van der Waals surface area contributed by atoms with E-state index in [1.54, 1.807) is 0 Å². The molecule has 0 atom stereocenters. The average molecular weight is 224 g/mol. The van der Waals surface area contributed by atoms with Gasteiger partial charge in [-0.1, -0.05) is 23.7 Å². The first-order valence-electron chi connectivity index (χ1n) is 5.10. The summed E-state index contributed by atoms with van der Waals surface area (Å²) in [6.07, 6.45) is 4.22. The second kappa shape index (κ2) is 5.19. The predicted octanol–water partition coefficient (Wildman–Crippen LogP) is 2.64. The molecule has 0 N–H and O–H groups in total. The van der Waals surface area contributed by atoms with Gasteiger partial charge in [0, 0.05) is 18.1 Å². The lowest BCUT2D eigenvalue weighted by molar-refractivity contribution is 0.0597. The zero-order valence-corrected chi connectivity index (χ0v) is 9.28. The number of hydrogen-bond donors (Lipinski definition) is 0. The second-order valence-corrected chi connectivity index (χ2v) is 3.95. The largest absolute Gasteiger partial charge is 0.378 e. The van der Waals surface area contributed by atoms with E-state index in [1.165, 1.54) is 5.56 Å². The van der Waals surface area contributed by atoms with Crippen LogP contribution in [0.3, 0.4) is 0 Å². The van der Waals surface area contributed by atoms with Crippen molar-refractivity contribution in [2.24, 2.45) is 0 Å². The first-order chi connectivity index (χ1) is 7.34. The van der Waals surface area contributed by atoms with Crippen LogP contribution in [0.5, 0.6) is 0 Å². The van der Waals surface area contributed by atoms with Gasteiger partial charge in [-0.3, -0.25) is 0 Å². The number of morpholine rings is 1. The van der Waals surface area contributed by atoms with E-state index in [0.29, 0.717) is 0 Å². The molecule has 3 heteroatoms. The molecular formula is C12H14ClNO. The Hall–Kier alpha value is -0.990. The van der Waals surface area contributed by atoms with Crippen molar-refractivity contribution in [3.8, 4) is 0 Å². The van der Waals surface area contributed by atoms with E-state index in [9.17, 15) is 0 Å². The minimum Gasteiger partial charge on any atom is -0.378 e. The van der Waals surface area contributed by atoms with Crippen LogP contribution >= 0.6 is 11.6 Å². The summed E-state index contributed by atoms with van der Waals surface area (Å²) in [5.74, 6) is 0. The summed E-state index contributed by atoms with van der Waals surface area (Å²) in [4.78, 5) is 2.26. The monoisotopic (exact) mass is 223 g/mol. The maximum Gasteiger partial charge on any atom is 0.0642 e. The number of benzene rings is 1. The summed E-state index contributed by atoms with van der Waals surface area (Å²) in [5, 5.41) is 0.776. The molecule has 0 saturated carbocycles. The maximum absolute atomic E-state index is 5.81. The van der Waals surface area contributed by atoms with Crippen molar-refractivity contribution in [1.29, 1.82) is 0 Å². The average Bonchev–Trinajstić information content (AvgIpc) is 2.30. The van der Waals surface area contributed by atoms with Crippen molar-refractivity contribution in [1.82, 2.24) is 4.90 Å². The zero-order valence-electron chi connectivity index (χ0n) is 8.53. The van der Waals surface area contributed by atoms with Gasteiger partial charge in [0.05, 0.1) is 13.2 Å². The van der Waals surface area contributed by atoms with Crippen LogP contribution in [0.1, 0.15) is 5.56 Å². The van der Waals surface area contributed by atoms with E-state index in [4.69, 9.17) is 16.3 Å². The van der Waals surface area contributed by atoms with Crippen molar-refractivity contribution < 1.29 is 4.74 Å². The van der Waals surface area contributed by atoms with E-state index < -0.39 is 0 Å². The Balaban J connectivity index is 1.95. The van der Waals surface area contributed by atoms with Gasteiger partial charge in [0.2, 0.25) is 0 Å². The van der Waals surface area contributed by atoms with Crippen molar-refractivity contribution in [2.75, 3.05) is 26.3 Å². The number of hydrogen-bond acceptors (Lipinski definition) is 2. The highest BCUT2D eigenvalue weighted by Gasteiger charge is 2.04. The Bertz CT molecular complexity index is 328. The Morgan fingerprint density at radius 3 is 2.47 bits per heavy atom. The van der Waals surface area contributed by atoms with Crippen LogP contribution in [0.25, 0.3) is 6.08 Å². The molecule has 0 amide bonds. The fourth-order valence-electron chi connectivity index (χ4n) is 1.49. The van der Waals surface area contributed by atoms with Gasteiger partial charge in [-0.05, 0) is 30.0 Å². The first-order valence-corrected chi connectivity index (χ1v) is 5.48. The lowest BCUT2D eigenvalue weighted by atomic mass is 10.2. The zero-order chi connectivity index (χ0) is 10.5. The molecule has 0 aliphatic carbocycles. The first kappa shape index (κ1) is 10.5. The lowest BCUT2D eigenvalue weighted by Gasteiger charge is -2.24. The third-order valence-corrected chi connectivity index (χ3v) is 2.65. The molecule has 1 aliphatic heterocycles. The molecule has 0 radical (unpaired) electrons. The fraction of sp³-hybridized carbons (Fsp3) is 0.333. The van der Waals surface area contributed by atoms with Crippen molar-refractivity contribution in [3.63, 3.8) is 0 Å². The van der Waals surface area contributed by atoms with Gasteiger partial charge in [0.25, 0.3) is 0 Å². The Labute approximate surface area is 95.1 Å². The molecule has 1 aromatic carbocycles. The summed E-state index contributed by atoms with van der Waals surface area (Å²) >= 11 is 5.81. The highest BCUT2D eigenvalue weighted by atomic mass is 35.5. The molecule has 2 rings (SSSR count). The van der Waals surface area contributed by atoms with Crippen LogP contribution in [0.2, 0.25) is 5.02 Å². The second-order valence-electron chi connectivity index (χ2n) is 3.52. The number of halogens is 1. The van der Waals surface area contributed by atoms with Gasteiger partial charge < -0.3 is 9.64 Å². The van der Waals surface area contributed by atoms with Crippen molar-refractivity contribution in [2.45, 2.75) is 0 Å². The molecule has 0 unspecified atom stereocenters. The number of ether oxygens (including phenoxy) is 1. The van der Waals surface area contributed by atoms with E-state index in [1.807, 2.05) is 24.3 Å². The molecule has 0 aromatic heterocycles. The molecular weight excluding hydrogens is 210 g/mol. The molecule has 1 aliphatic rings. The van der Waals surface area contributed by atoms with Gasteiger partial charge in [0.1, 0.15) is 0 Å². The molecule has 2 nitrogen and oxygen atoms in total. The lowest BCUT2D eigenvalue weighted by Crippen LogP contribution is -2.31. The smallest absolute Gasteiger partial charge is 0.0642 e. The summed E-state index contributed by atoms with van der Waals surface area (Å²) in [6, 6.07) is 7.83. The molecule has 80 valence electrons. The molecule has 15 heavy (non-hydrogen) atoms. The summed E-state index contributed by atoms with van der Waals surface area (Å²) in [6.45, 7) is 3.60. The maximum atomic E-state index is 5.81. The molecule has 1 heterocycles. The highest BCUT2D eigenvalue weighted by molar-refractivity contribution is 6.30. The van der Waals surface area contributed by atoms with Crippen molar-refractivity contribution >= 4 is 17.7 Å². The predicted molar refractivity (Wildman–Crippen MR) is 62.9 cm³/mol. The van der Waals surface area contributed by atoms with Gasteiger partial charge in [-0.25, -0.2) is 0 Å². The normalized spacial score (nSPS) is 17.3. The van der Waals surface area contributed by atoms with Crippen LogP contribution < -0.4 is 0 Å². The van der Waals surface area contributed by atoms with Crippen LogP contribution in [0.15, 0.2) is 30.5 Å². The van der Waals surface area contributed by atoms with Crippen molar-refractivity contribution in [3.05, 3.63) is 41.1 Å². The minimum absolute atomic E-state index is 0.776. The quantitative estimate of drug-likeness (QED) is 0.765. The summed E-state index contributed by atoms with van der Waals surface area (Å²) in [7, 11) is 0. The molecule has 0 bridgehead atoms. The Kier molecular flexibility index (Phi) is 3.64. The molecule has 0 spiro atoms. The SMILES string of the molecule is Clc1ccc(C=CN2CCOCC2)cc1. The van der Waals surface area contributed by atoms with Gasteiger partial charge in [-0.15, -0.1) is 0 Å². The Morgan fingerprint density at radius 1 is 1.13 bits per heavy atom. The minimum atomic E-state index is 0.776. The van der Waals surface area contributed by atoms with E-state index in [0.717, 1.165) is 31.3 Å². The molecule has 1 fully saturated rings. The van der Waals surface area contributed by atoms with Crippen LogP contribution in [0, 0.1) is 0 Å². The standard InChI is InChI=1S/C12H14ClNO/c13-12-3-1-11(2-4-12)5-6-14-7-9-15-10-8-14/h1-6H,7-10H2. The number of nitrogens with zero attached hydrogens (tertiary/aromatic N) is 1. The molecule has 1 saturated heterocycles. The van der Waals surface area contributed by atoms with Gasteiger partial charge in [-0.2, -0.15) is 0 Å². The Morgan fingerprint density at radius 2 is 1.80 bits per heavy atom. The molecule has 1 aromatic rings. The summed E-state index contributed by atoms with van der Waals surface area (Å²) in [5.41, 5.74) is 1.17. The fourth-order valence-corrected chi connectivity index (χ4v) is 1.62. The van der Waals surface area contributed by atoms with Crippen LogP contribution in [0.4, 0.5) is 0 Å². The van der Waals surface area contributed by atoms with E-state index in [-0.39, 0.29) is 0 Å². The van der Waals surface area contributed by atoms with Crippen LogP contribution in [-0.4, -0.2) is 31.2 Å². The van der Waals surface area contributed by atoms with Gasteiger partial charge >= 0.3 is 0 Å². The topological polar surface area (TPSA) is 12.5 Å². The number of rotatable bonds is 2. The third kappa shape index (κ3) is 3.26. The summed E-state index contributed by atoms with van der Waals surface area (Å²) < 4.78 is 5.27. The highest BCUT2D eigenvalue weighted by Crippen LogP contribution is 2.11. The van der Waals surface area contributed by atoms with E-state index >= 15 is 0 Å².